The highest BCUT2D eigenvalue weighted by Crippen LogP contribution is 2.33. The Bertz CT molecular complexity index is 382. The summed E-state index contributed by atoms with van der Waals surface area (Å²) in [7, 11) is 0. The Kier molecular flexibility index (Phi) is 2.83. The van der Waals surface area contributed by atoms with Gasteiger partial charge in [-0.15, -0.1) is 0 Å². The summed E-state index contributed by atoms with van der Waals surface area (Å²) >= 11 is 0. The third kappa shape index (κ3) is 2.31. The zero-order valence-electron chi connectivity index (χ0n) is 10.6. The van der Waals surface area contributed by atoms with Crippen molar-refractivity contribution in [2.75, 3.05) is 23.7 Å². The van der Waals surface area contributed by atoms with Crippen LogP contribution in [-0.2, 0) is 0 Å². The van der Waals surface area contributed by atoms with Gasteiger partial charge < -0.3 is 10.6 Å². The summed E-state index contributed by atoms with van der Waals surface area (Å²) in [6.45, 7) is 9.16. The summed E-state index contributed by atoms with van der Waals surface area (Å²) in [5, 5.41) is 0. The Morgan fingerprint density at radius 1 is 1.31 bits per heavy atom. The van der Waals surface area contributed by atoms with E-state index in [0.29, 0.717) is 5.41 Å². The molecule has 1 heterocycles. The first-order chi connectivity index (χ1) is 7.48. The Morgan fingerprint density at radius 3 is 2.75 bits per heavy atom. The van der Waals surface area contributed by atoms with Crippen LogP contribution >= 0.6 is 0 Å². The second-order valence-corrected chi connectivity index (χ2v) is 5.74. The van der Waals surface area contributed by atoms with Crippen molar-refractivity contribution in [1.82, 2.24) is 0 Å². The SMILES string of the molecule is Cc1ccc(N)cc1N1CCCC(C)(C)C1. The number of hydrogen-bond donors (Lipinski definition) is 1. The molecule has 0 radical (unpaired) electrons. The van der Waals surface area contributed by atoms with Crippen LogP contribution in [0.2, 0.25) is 0 Å². The maximum atomic E-state index is 5.88. The fourth-order valence-electron chi connectivity index (χ4n) is 2.60. The fraction of sp³-hybridized carbons (Fsp3) is 0.571. The van der Waals surface area contributed by atoms with Crippen LogP contribution in [0.15, 0.2) is 18.2 Å². The average Bonchev–Trinajstić information content (AvgIpc) is 2.20. The lowest BCUT2D eigenvalue weighted by molar-refractivity contribution is 0.293. The number of rotatable bonds is 1. The lowest BCUT2D eigenvalue weighted by atomic mass is 9.84. The van der Waals surface area contributed by atoms with E-state index in [4.69, 9.17) is 5.73 Å². The molecule has 2 nitrogen and oxygen atoms in total. The minimum absolute atomic E-state index is 0.426. The molecule has 1 fully saturated rings. The molecular formula is C14H22N2. The van der Waals surface area contributed by atoms with Crippen molar-refractivity contribution in [1.29, 1.82) is 0 Å². The molecule has 16 heavy (non-hydrogen) atoms. The van der Waals surface area contributed by atoms with Gasteiger partial charge in [0.1, 0.15) is 0 Å². The number of piperidine rings is 1. The number of aryl methyl sites for hydroxylation is 1. The molecule has 0 saturated carbocycles. The summed E-state index contributed by atoms with van der Waals surface area (Å²) in [5.41, 5.74) is 9.80. The van der Waals surface area contributed by atoms with Gasteiger partial charge in [0.15, 0.2) is 0 Å². The molecule has 0 unspecified atom stereocenters. The number of hydrogen-bond acceptors (Lipinski definition) is 2. The molecular weight excluding hydrogens is 196 g/mol. The van der Waals surface area contributed by atoms with Gasteiger partial charge in [-0.25, -0.2) is 0 Å². The molecule has 1 saturated heterocycles. The standard InChI is InChI=1S/C14H22N2/c1-11-5-6-12(15)9-13(11)16-8-4-7-14(2,3)10-16/h5-6,9H,4,7-8,10,15H2,1-3H3. The van der Waals surface area contributed by atoms with Gasteiger partial charge in [-0.1, -0.05) is 19.9 Å². The minimum atomic E-state index is 0.426. The van der Waals surface area contributed by atoms with Crippen LogP contribution in [0, 0.1) is 12.3 Å². The second kappa shape index (κ2) is 4.00. The smallest absolute Gasteiger partial charge is 0.0416 e. The van der Waals surface area contributed by atoms with Crippen LogP contribution in [0.5, 0.6) is 0 Å². The van der Waals surface area contributed by atoms with E-state index in [9.17, 15) is 0 Å². The Morgan fingerprint density at radius 2 is 2.06 bits per heavy atom. The van der Waals surface area contributed by atoms with E-state index < -0.39 is 0 Å². The third-order valence-electron chi connectivity index (χ3n) is 3.47. The first-order valence-corrected chi connectivity index (χ1v) is 6.09. The van der Waals surface area contributed by atoms with E-state index in [1.54, 1.807) is 0 Å². The lowest BCUT2D eigenvalue weighted by Crippen LogP contribution is -2.40. The maximum absolute atomic E-state index is 5.88. The van der Waals surface area contributed by atoms with Crippen molar-refractivity contribution in [3.05, 3.63) is 23.8 Å². The van der Waals surface area contributed by atoms with E-state index in [1.165, 1.54) is 24.1 Å². The summed E-state index contributed by atoms with van der Waals surface area (Å²) in [4.78, 5) is 2.48. The Labute approximate surface area is 98.4 Å². The molecule has 2 N–H and O–H groups in total. The van der Waals surface area contributed by atoms with Gasteiger partial charge in [0.25, 0.3) is 0 Å². The second-order valence-electron chi connectivity index (χ2n) is 5.74. The van der Waals surface area contributed by atoms with Gasteiger partial charge in [0.2, 0.25) is 0 Å². The Hall–Kier alpha value is -1.18. The maximum Gasteiger partial charge on any atom is 0.0416 e. The van der Waals surface area contributed by atoms with Gasteiger partial charge in [-0.05, 0) is 42.9 Å². The van der Waals surface area contributed by atoms with Crippen LogP contribution in [0.4, 0.5) is 11.4 Å². The van der Waals surface area contributed by atoms with Crippen LogP contribution < -0.4 is 10.6 Å². The highest BCUT2D eigenvalue weighted by molar-refractivity contribution is 5.61. The quantitative estimate of drug-likeness (QED) is 0.733. The third-order valence-corrected chi connectivity index (χ3v) is 3.47. The molecule has 0 aliphatic carbocycles. The highest BCUT2D eigenvalue weighted by Gasteiger charge is 2.26. The molecule has 0 bridgehead atoms. The zero-order valence-corrected chi connectivity index (χ0v) is 10.6. The summed E-state index contributed by atoms with van der Waals surface area (Å²) < 4.78 is 0. The van der Waals surface area contributed by atoms with Crippen LogP contribution in [0.1, 0.15) is 32.3 Å². The number of benzene rings is 1. The van der Waals surface area contributed by atoms with Gasteiger partial charge in [-0.3, -0.25) is 0 Å². The first-order valence-electron chi connectivity index (χ1n) is 6.09. The monoisotopic (exact) mass is 218 g/mol. The molecule has 1 aromatic carbocycles. The summed E-state index contributed by atoms with van der Waals surface area (Å²) in [6.07, 6.45) is 2.60. The zero-order chi connectivity index (χ0) is 11.8. The molecule has 88 valence electrons. The van der Waals surface area contributed by atoms with E-state index in [2.05, 4.69) is 37.8 Å². The largest absolute Gasteiger partial charge is 0.399 e. The summed E-state index contributed by atoms with van der Waals surface area (Å²) in [5.74, 6) is 0. The predicted octanol–water partition coefficient (Wildman–Crippen LogP) is 3.20. The van der Waals surface area contributed by atoms with Crippen molar-refractivity contribution in [2.24, 2.45) is 5.41 Å². The lowest BCUT2D eigenvalue weighted by Gasteiger charge is -2.40. The van der Waals surface area contributed by atoms with Crippen LogP contribution in [-0.4, -0.2) is 13.1 Å². The van der Waals surface area contributed by atoms with Crippen molar-refractivity contribution in [2.45, 2.75) is 33.6 Å². The van der Waals surface area contributed by atoms with Gasteiger partial charge >= 0.3 is 0 Å². The number of nitrogens with zero attached hydrogens (tertiary/aromatic N) is 1. The number of nitrogens with two attached hydrogens (primary N) is 1. The number of anilines is 2. The van der Waals surface area contributed by atoms with E-state index in [0.717, 1.165) is 18.8 Å². The van der Waals surface area contributed by atoms with Gasteiger partial charge in [-0.2, -0.15) is 0 Å². The van der Waals surface area contributed by atoms with Crippen molar-refractivity contribution in [3.63, 3.8) is 0 Å². The minimum Gasteiger partial charge on any atom is -0.399 e. The normalized spacial score (nSPS) is 19.8. The van der Waals surface area contributed by atoms with E-state index in [-0.39, 0.29) is 0 Å². The molecule has 2 heteroatoms. The van der Waals surface area contributed by atoms with Crippen molar-refractivity contribution >= 4 is 11.4 Å². The van der Waals surface area contributed by atoms with Crippen molar-refractivity contribution in [3.8, 4) is 0 Å². The predicted molar refractivity (Wildman–Crippen MR) is 70.8 cm³/mol. The van der Waals surface area contributed by atoms with E-state index >= 15 is 0 Å². The number of nitrogen functional groups attached to an aromatic ring is 1. The Balaban J connectivity index is 2.26. The fourth-order valence-corrected chi connectivity index (χ4v) is 2.60. The van der Waals surface area contributed by atoms with Crippen LogP contribution in [0.25, 0.3) is 0 Å². The average molecular weight is 218 g/mol. The molecule has 0 spiro atoms. The van der Waals surface area contributed by atoms with E-state index in [1.807, 2.05) is 6.07 Å². The molecule has 1 aromatic rings. The molecule has 1 aliphatic heterocycles. The van der Waals surface area contributed by atoms with Gasteiger partial charge in [0.05, 0.1) is 0 Å². The molecule has 0 atom stereocenters. The van der Waals surface area contributed by atoms with Crippen molar-refractivity contribution < 1.29 is 0 Å². The molecule has 1 aliphatic rings. The highest BCUT2D eigenvalue weighted by atomic mass is 15.1. The topological polar surface area (TPSA) is 29.3 Å². The summed E-state index contributed by atoms with van der Waals surface area (Å²) in [6, 6.07) is 6.21. The first kappa shape index (κ1) is 11.3. The van der Waals surface area contributed by atoms with Crippen LogP contribution in [0.3, 0.4) is 0 Å². The molecule has 0 amide bonds. The molecule has 0 aromatic heterocycles. The van der Waals surface area contributed by atoms with Gasteiger partial charge in [0, 0.05) is 24.5 Å². The molecule has 2 rings (SSSR count).